The Bertz CT molecular complexity index is 550. The molecule has 0 amide bonds. The van der Waals surface area contributed by atoms with E-state index in [9.17, 15) is 9.36 Å². The first kappa shape index (κ1) is 19.4. The molecule has 0 fully saturated rings. The summed E-state index contributed by atoms with van der Waals surface area (Å²) in [7, 11) is -3.85. The van der Waals surface area contributed by atoms with E-state index >= 15 is 0 Å². The van der Waals surface area contributed by atoms with Crippen molar-refractivity contribution in [3.63, 3.8) is 0 Å². The summed E-state index contributed by atoms with van der Waals surface area (Å²) >= 11 is 0. The standard InChI is InChI=1S/C15H22NO6P/c1-4-12-19-15(17)14(13-10-8-7-9-11-13)16-22-23(18,20-5-2)21-6-3/h7-11H,4-6,12H2,1-3H3/b16-14-. The molecule has 1 aromatic carbocycles. The van der Waals surface area contributed by atoms with Crippen LogP contribution in [0.4, 0.5) is 0 Å². The molecule has 0 aliphatic carbocycles. The lowest BCUT2D eigenvalue weighted by molar-refractivity contribution is -0.135. The number of esters is 1. The number of carbonyl (C=O) groups excluding carboxylic acids is 1. The average molecular weight is 343 g/mol. The van der Waals surface area contributed by atoms with Crippen molar-refractivity contribution in [2.45, 2.75) is 27.2 Å². The lowest BCUT2D eigenvalue weighted by atomic mass is 10.1. The molecule has 1 aromatic rings. The Hall–Kier alpha value is -1.69. The molecule has 0 aliphatic heterocycles. The molecule has 0 unspecified atom stereocenters. The fourth-order valence-electron chi connectivity index (χ4n) is 1.56. The van der Waals surface area contributed by atoms with Gasteiger partial charge in [0.05, 0.1) is 19.8 Å². The molecule has 0 saturated heterocycles. The number of hydrogen-bond acceptors (Lipinski definition) is 7. The minimum Gasteiger partial charge on any atom is -0.461 e. The number of nitrogens with zero attached hydrogens (tertiary/aromatic N) is 1. The Labute approximate surface area is 136 Å². The third kappa shape index (κ3) is 6.52. The molecular formula is C15H22NO6P. The van der Waals surface area contributed by atoms with Crippen molar-refractivity contribution < 1.29 is 27.8 Å². The molecule has 0 bridgehead atoms. The van der Waals surface area contributed by atoms with E-state index in [4.69, 9.17) is 18.4 Å². The highest BCUT2D eigenvalue weighted by atomic mass is 31.2. The SMILES string of the molecule is CCCOC(=O)/C(=N\OP(=O)(OCC)OCC)c1ccccc1. The van der Waals surface area contributed by atoms with E-state index < -0.39 is 13.8 Å². The summed E-state index contributed by atoms with van der Waals surface area (Å²) in [5.74, 6) is -0.669. The second-order valence-electron chi connectivity index (χ2n) is 4.31. The van der Waals surface area contributed by atoms with Crippen LogP contribution in [-0.2, 0) is 27.8 Å². The van der Waals surface area contributed by atoms with E-state index in [1.165, 1.54) is 0 Å². The fourth-order valence-corrected chi connectivity index (χ4v) is 2.54. The van der Waals surface area contributed by atoms with Gasteiger partial charge in [-0.3, -0.25) is 13.7 Å². The van der Waals surface area contributed by atoms with Crippen molar-refractivity contribution in [3.8, 4) is 0 Å². The van der Waals surface area contributed by atoms with Crippen LogP contribution >= 0.6 is 7.82 Å². The largest absolute Gasteiger partial charge is 0.550 e. The van der Waals surface area contributed by atoms with Crippen LogP contribution < -0.4 is 0 Å². The quantitative estimate of drug-likeness (QED) is 0.280. The summed E-state index contributed by atoms with van der Waals surface area (Å²) in [6, 6.07) is 8.61. The van der Waals surface area contributed by atoms with E-state index in [1.807, 2.05) is 6.92 Å². The van der Waals surface area contributed by atoms with Gasteiger partial charge in [0.1, 0.15) is 0 Å². The van der Waals surface area contributed by atoms with Crippen molar-refractivity contribution in [2.24, 2.45) is 5.16 Å². The molecule has 0 aliphatic rings. The second kappa shape index (κ2) is 10.2. The highest BCUT2D eigenvalue weighted by Gasteiger charge is 2.28. The highest BCUT2D eigenvalue weighted by molar-refractivity contribution is 7.48. The van der Waals surface area contributed by atoms with Gasteiger partial charge in [-0.15, -0.1) is 0 Å². The maximum absolute atomic E-state index is 12.3. The zero-order valence-corrected chi connectivity index (χ0v) is 14.5. The summed E-state index contributed by atoms with van der Waals surface area (Å²) in [4.78, 5) is 12.1. The molecule has 0 N–H and O–H groups in total. The van der Waals surface area contributed by atoms with E-state index in [2.05, 4.69) is 5.16 Å². The van der Waals surface area contributed by atoms with Gasteiger partial charge in [0.25, 0.3) is 0 Å². The highest BCUT2D eigenvalue weighted by Crippen LogP contribution is 2.49. The topological polar surface area (TPSA) is 83.4 Å². The maximum Gasteiger partial charge on any atom is 0.550 e. The van der Waals surface area contributed by atoms with Gasteiger partial charge in [0, 0.05) is 5.56 Å². The predicted molar refractivity (Wildman–Crippen MR) is 86.2 cm³/mol. The van der Waals surface area contributed by atoms with Gasteiger partial charge in [-0.05, 0) is 20.3 Å². The zero-order chi connectivity index (χ0) is 17.1. The smallest absolute Gasteiger partial charge is 0.461 e. The van der Waals surface area contributed by atoms with Crippen molar-refractivity contribution in [3.05, 3.63) is 35.9 Å². The number of phosphoric acid groups is 1. The van der Waals surface area contributed by atoms with Crippen LogP contribution in [0.2, 0.25) is 0 Å². The molecule has 0 atom stereocenters. The monoisotopic (exact) mass is 343 g/mol. The Kier molecular flexibility index (Phi) is 8.55. The maximum atomic E-state index is 12.3. The molecule has 0 saturated carbocycles. The molecule has 0 heterocycles. The average Bonchev–Trinajstić information content (AvgIpc) is 2.54. The number of ether oxygens (including phenoxy) is 1. The van der Waals surface area contributed by atoms with Crippen LogP contribution in [0.25, 0.3) is 0 Å². The van der Waals surface area contributed by atoms with Gasteiger partial charge in [0.2, 0.25) is 0 Å². The Morgan fingerprint density at radius 3 is 2.22 bits per heavy atom. The van der Waals surface area contributed by atoms with Gasteiger partial charge in [-0.2, -0.15) is 0 Å². The number of carbonyl (C=O) groups is 1. The molecule has 1 rings (SSSR count). The molecule has 0 aromatic heterocycles. The Balaban J connectivity index is 3.03. The van der Waals surface area contributed by atoms with Crippen molar-refractivity contribution >= 4 is 19.5 Å². The number of benzene rings is 1. The van der Waals surface area contributed by atoms with Crippen LogP contribution in [0.1, 0.15) is 32.8 Å². The lowest BCUT2D eigenvalue weighted by Gasteiger charge is -2.14. The van der Waals surface area contributed by atoms with Crippen LogP contribution in [0.3, 0.4) is 0 Å². The van der Waals surface area contributed by atoms with E-state index in [0.29, 0.717) is 12.0 Å². The summed E-state index contributed by atoms with van der Waals surface area (Å²) < 4.78 is 32.2. The molecular weight excluding hydrogens is 321 g/mol. The van der Waals surface area contributed by atoms with Gasteiger partial charge in [-0.1, -0.05) is 42.4 Å². The van der Waals surface area contributed by atoms with Gasteiger partial charge in [-0.25, -0.2) is 9.36 Å². The first-order valence-corrected chi connectivity index (χ1v) is 8.90. The second-order valence-corrected chi connectivity index (χ2v) is 5.88. The first-order chi connectivity index (χ1) is 11.1. The number of rotatable bonds is 10. The Morgan fingerprint density at radius 2 is 1.70 bits per heavy atom. The van der Waals surface area contributed by atoms with Gasteiger partial charge < -0.3 is 4.74 Å². The summed E-state index contributed by atoms with van der Waals surface area (Å²) in [5.41, 5.74) is 0.381. The Morgan fingerprint density at radius 1 is 1.09 bits per heavy atom. The van der Waals surface area contributed by atoms with Crippen molar-refractivity contribution in [1.29, 1.82) is 0 Å². The lowest BCUT2D eigenvalue weighted by Crippen LogP contribution is -2.19. The van der Waals surface area contributed by atoms with Crippen LogP contribution in [0.15, 0.2) is 35.5 Å². The van der Waals surface area contributed by atoms with Crippen molar-refractivity contribution in [2.75, 3.05) is 19.8 Å². The summed E-state index contributed by atoms with van der Waals surface area (Å²) in [5, 5.41) is 3.69. The fraction of sp³-hybridized carbons (Fsp3) is 0.467. The number of hydrogen-bond donors (Lipinski definition) is 0. The third-order valence-electron chi connectivity index (χ3n) is 2.48. The normalized spacial score (nSPS) is 12.0. The molecule has 128 valence electrons. The van der Waals surface area contributed by atoms with Crippen molar-refractivity contribution in [1.82, 2.24) is 0 Å². The van der Waals surface area contributed by atoms with Gasteiger partial charge in [0.15, 0.2) is 5.71 Å². The summed E-state index contributed by atoms with van der Waals surface area (Å²) in [6.45, 7) is 5.65. The van der Waals surface area contributed by atoms with Crippen LogP contribution in [0, 0.1) is 0 Å². The molecule has 23 heavy (non-hydrogen) atoms. The van der Waals surface area contributed by atoms with E-state index in [1.54, 1.807) is 44.2 Å². The minimum atomic E-state index is -3.85. The molecule has 0 radical (unpaired) electrons. The van der Waals surface area contributed by atoms with E-state index in [0.717, 1.165) is 0 Å². The molecule has 8 heteroatoms. The van der Waals surface area contributed by atoms with Gasteiger partial charge >= 0.3 is 13.8 Å². The van der Waals surface area contributed by atoms with E-state index in [-0.39, 0.29) is 25.5 Å². The molecule has 0 spiro atoms. The summed E-state index contributed by atoms with van der Waals surface area (Å²) in [6.07, 6.45) is 0.672. The van der Waals surface area contributed by atoms with Crippen LogP contribution in [-0.4, -0.2) is 31.5 Å². The minimum absolute atomic E-state index is 0.0984. The third-order valence-corrected chi connectivity index (χ3v) is 3.91. The molecule has 7 nitrogen and oxygen atoms in total. The predicted octanol–water partition coefficient (Wildman–Crippen LogP) is 3.54. The number of oxime groups is 1. The first-order valence-electron chi connectivity index (χ1n) is 7.44. The number of phosphoric ester groups is 1. The zero-order valence-electron chi connectivity index (χ0n) is 13.6. The van der Waals surface area contributed by atoms with Crippen LogP contribution in [0.5, 0.6) is 0 Å².